The zero-order valence-corrected chi connectivity index (χ0v) is 14.5. The molecule has 1 aliphatic heterocycles. The van der Waals surface area contributed by atoms with E-state index in [0.717, 1.165) is 42.6 Å². The Labute approximate surface area is 134 Å². The van der Waals surface area contributed by atoms with Crippen LogP contribution in [0.3, 0.4) is 0 Å². The molecule has 1 unspecified atom stereocenters. The van der Waals surface area contributed by atoms with Gasteiger partial charge in [0, 0.05) is 6.54 Å². The third-order valence-electron chi connectivity index (χ3n) is 3.88. The average molecular weight is 333 g/mol. The fraction of sp³-hybridized carbons (Fsp3) is 0.600. The number of rotatable bonds is 5. The van der Waals surface area contributed by atoms with E-state index in [0.29, 0.717) is 17.4 Å². The maximum absolute atomic E-state index is 12.4. The molecule has 21 heavy (non-hydrogen) atoms. The predicted molar refractivity (Wildman–Crippen MR) is 88.7 cm³/mol. The standard InChI is InChI=1S/C15H24N2O2S.ClH/c1-11-8-12(2)15(13(3)9-11)20(18,19)17-7-5-14-4-6-16-10-14;/h8-9,14,16-17H,4-7,10H2,1-3H3;1H. The van der Waals surface area contributed by atoms with E-state index >= 15 is 0 Å². The molecule has 1 atom stereocenters. The first-order valence-electron chi connectivity index (χ1n) is 7.18. The molecule has 2 rings (SSSR count). The molecular weight excluding hydrogens is 308 g/mol. The number of aryl methyl sites for hydroxylation is 3. The van der Waals surface area contributed by atoms with E-state index in [1.54, 1.807) is 0 Å². The van der Waals surface area contributed by atoms with Gasteiger partial charge in [-0.15, -0.1) is 12.4 Å². The lowest BCUT2D eigenvalue weighted by atomic mass is 10.1. The SMILES string of the molecule is Cc1cc(C)c(S(=O)(=O)NCCC2CCNC2)c(C)c1.Cl. The lowest BCUT2D eigenvalue weighted by Crippen LogP contribution is -2.28. The fourth-order valence-electron chi connectivity index (χ4n) is 3.02. The van der Waals surface area contributed by atoms with Crippen molar-refractivity contribution in [2.45, 2.75) is 38.5 Å². The summed E-state index contributed by atoms with van der Waals surface area (Å²) in [6.07, 6.45) is 2.04. The molecule has 0 aliphatic carbocycles. The van der Waals surface area contributed by atoms with Crippen LogP contribution in [0.2, 0.25) is 0 Å². The third-order valence-corrected chi connectivity index (χ3v) is 5.65. The number of benzene rings is 1. The normalized spacial score (nSPS) is 18.5. The van der Waals surface area contributed by atoms with Crippen LogP contribution in [0, 0.1) is 26.7 Å². The molecule has 1 saturated heterocycles. The van der Waals surface area contributed by atoms with Crippen LogP contribution in [-0.4, -0.2) is 28.1 Å². The molecule has 0 saturated carbocycles. The Balaban J connectivity index is 0.00000220. The summed E-state index contributed by atoms with van der Waals surface area (Å²) in [4.78, 5) is 0.438. The molecule has 0 spiro atoms. The predicted octanol–water partition coefficient (Wildman–Crippen LogP) is 2.31. The molecule has 0 amide bonds. The lowest BCUT2D eigenvalue weighted by Gasteiger charge is -2.14. The van der Waals surface area contributed by atoms with Crippen LogP contribution in [0.25, 0.3) is 0 Å². The van der Waals surface area contributed by atoms with E-state index in [1.165, 1.54) is 0 Å². The molecule has 0 radical (unpaired) electrons. The second kappa shape index (κ2) is 7.58. The van der Waals surface area contributed by atoms with Gasteiger partial charge in [-0.2, -0.15) is 0 Å². The summed E-state index contributed by atoms with van der Waals surface area (Å²) in [6, 6.07) is 3.84. The van der Waals surface area contributed by atoms with Crippen molar-refractivity contribution in [3.8, 4) is 0 Å². The average Bonchev–Trinajstić information content (AvgIpc) is 2.79. The minimum atomic E-state index is -3.40. The van der Waals surface area contributed by atoms with Gasteiger partial charge in [0.25, 0.3) is 0 Å². The fourth-order valence-corrected chi connectivity index (χ4v) is 4.52. The van der Waals surface area contributed by atoms with Gasteiger partial charge in [-0.3, -0.25) is 0 Å². The van der Waals surface area contributed by atoms with E-state index < -0.39 is 10.0 Å². The molecule has 1 aromatic rings. The van der Waals surface area contributed by atoms with Crippen molar-refractivity contribution in [1.29, 1.82) is 0 Å². The van der Waals surface area contributed by atoms with Crippen molar-refractivity contribution >= 4 is 22.4 Å². The van der Waals surface area contributed by atoms with Crippen molar-refractivity contribution in [2.75, 3.05) is 19.6 Å². The zero-order valence-electron chi connectivity index (χ0n) is 12.9. The Morgan fingerprint density at radius 3 is 2.38 bits per heavy atom. The van der Waals surface area contributed by atoms with E-state index in [-0.39, 0.29) is 12.4 Å². The Hall–Kier alpha value is -0.620. The Morgan fingerprint density at radius 1 is 1.24 bits per heavy atom. The molecule has 0 aromatic heterocycles. The van der Waals surface area contributed by atoms with Crippen LogP contribution in [0.5, 0.6) is 0 Å². The maximum Gasteiger partial charge on any atom is 0.241 e. The summed E-state index contributed by atoms with van der Waals surface area (Å²) in [6.45, 7) is 8.27. The maximum atomic E-state index is 12.4. The van der Waals surface area contributed by atoms with Gasteiger partial charge in [-0.1, -0.05) is 17.7 Å². The summed E-state index contributed by atoms with van der Waals surface area (Å²) < 4.78 is 27.6. The monoisotopic (exact) mass is 332 g/mol. The second-order valence-electron chi connectivity index (χ2n) is 5.77. The molecule has 0 bridgehead atoms. The first-order chi connectivity index (χ1) is 9.40. The molecule has 4 nitrogen and oxygen atoms in total. The van der Waals surface area contributed by atoms with E-state index in [9.17, 15) is 8.42 Å². The highest BCUT2D eigenvalue weighted by atomic mass is 35.5. The summed E-state index contributed by atoms with van der Waals surface area (Å²) in [7, 11) is -3.40. The summed E-state index contributed by atoms with van der Waals surface area (Å²) in [5, 5.41) is 3.30. The first-order valence-corrected chi connectivity index (χ1v) is 8.66. The smallest absolute Gasteiger partial charge is 0.241 e. The number of hydrogen-bond donors (Lipinski definition) is 2. The van der Waals surface area contributed by atoms with Crippen LogP contribution in [0.15, 0.2) is 17.0 Å². The first kappa shape index (κ1) is 18.4. The lowest BCUT2D eigenvalue weighted by molar-refractivity contribution is 0.519. The minimum Gasteiger partial charge on any atom is -0.316 e. The number of hydrogen-bond acceptors (Lipinski definition) is 3. The Morgan fingerprint density at radius 2 is 1.86 bits per heavy atom. The van der Waals surface area contributed by atoms with Gasteiger partial charge < -0.3 is 5.32 Å². The van der Waals surface area contributed by atoms with E-state index in [1.807, 2.05) is 32.9 Å². The molecule has 1 heterocycles. The van der Waals surface area contributed by atoms with Gasteiger partial charge in [0.2, 0.25) is 10.0 Å². The van der Waals surface area contributed by atoms with Gasteiger partial charge in [0.05, 0.1) is 4.90 Å². The number of nitrogens with one attached hydrogen (secondary N) is 2. The van der Waals surface area contributed by atoms with E-state index in [2.05, 4.69) is 10.0 Å². The van der Waals surface area contributed by atoms with Gasteiger partial charge >= 0.3 is 0 Å². The Bertz CT molecular complexity index is 558. The molecule has 1 aliphatic rings. The van der Waals surface area contributed by atoms with Crippen molar-refractivity contribution in [1.82, 2.24) is 10.0 Å². The molecule has 120 valence electrons. The highest BCUT2D eigenvalue weighted by Gasteiger charge is 2.20. The van der Waals surface area contributed by atoms with Gasteiger partial charge in [0.1, 0.15) is 0 Å². The molecule has 1 aromatic carbocycles. The Kier molecular flexibility index (Phi) is 6.66. The van der Waals surface area contributed by atoms with Crippen molar-refractivity contribution in [2.24, 2.45) is 5.92 Å². The summed E-state index contributed by atoms with van der Waals surface area (Å²) in [5.74, 6) is 0.595. The number of halogens is 1. The molecule has 2 N–H and O–H groups in total. The third kappa shape index (κ3) is 4.68. The van der Waals surface area contributed by atoms with Crippen molar-refractivity contribution in [3.05, 3.63) is 28.8 Å². The van der Waals surface area contributed by atoms with Crippen molar-refractivity contribution in [3.63, 3.8) is 0 Å². The van der Waals surface area contributed by atoms with Crippen LogP contribution in [-0.2, 0) is 10.0 Å². The second-order valence-corrected chi connectivity index (χ2v) is 7.48. The van der Waals surface area contributed by atoms with Gasteiger partial charge in [0.15, 0.2) is 0 Å². The van der Waals surface area contributed by atoms with E-state index in [4.69, 9.17) is 0 Å². The van der Waals surface area contributed by atoms with Crippen LogP contribution in [0.4, 0.5) is 0 Å². The van der Waals surface area contributed by atoms with Crippen molar-refractivity contribution < 1.29 is 8.42 Å². The van der Waals surface area contributed by atoms with Crippen LogP contribution in [0.1, 0.15) is 29.5 Å². The number of sulfonamides is 1. The van der Waals surface area contributed by atoms with Gasteiger partial charge in [-0.05, 0) is 63.7 Å². The van der Waals surface area contributed by atoms with Gasteiger partial charge in [-0.25, -0.2) is 13.1 Å². The molecule has 6 heteroatoms. The highest BCUT2D eigenvalue weighted by molar-refractivity contribution is 7.89. The topological polar surface area (TPSA) is 58.2 Å². The van der Waals surface area contributed by atoms with Crippen LogP contribution >= 0.6 is 12.4 Å². The quantitative estimate of drug-likeness (QED) is 0.870. The van der Waals surface area contributed by atoms with Crippen LogP contribution < -0.4 is 10.0 Å². The zero-order chi connectivity index (χ0) is 14.8. The summed E-state index contributed by atoms with van der Waals surface area (Å²) >= 11 is 0. The molecule has 1 fully saturated rings. The molecular formula is C15H25ClN2O2S. The largest absolute Gasteiger partial charge is 0.316 e. The minimum absolute atomic E-state index is 0. The highest BCUT2D eigenvalue weighted by Crippen LogP contribution is 2.21. The summed E-state index contributed by atoms with van der Waals surface area (Å²) in [5.41, 5.74) is 2.73.